The number of aromatic nitrogens is 1. The lowest BCUT2D eigenvalue weighted by molar-refractivity contribution is 0.0958. The number of nitrogen functional groups attached to an aromatic ring is 1. The van der Waals surface area contributed by atoms with Crippen LogP contribution in [0.4, 0.5) is 5.69 Å². The summed E-state index contributed by atoms with van der Waals surface area (Å²) in [4.78, 5) is 17.2. The first-order chi connectivity index (χ1) is 10.2. The van der Waals surface area contributed by atoms with Crippen molar-refractivity contribution < 1.29 is 4.79 Å². The number of nitrogens with zero attached hydrogens (tertiary/aromatic N) is 1. The van der Waals surface area contributed by atoms with Crippen molar-refractivity contribution >= 4 is 43.9 Å². The highest BCUT2D eigenvalue weighted by atomic mass is 32.1. The number of fused-ring (bicyclic) bond motifs is 3. The molecule has 2 heterocycles. The van der Waals surface area contributed by atoms with E-state index in [-0.39, 0.29) is 5.91 Å². The van der Waals surface area contributed by atoms with Gasteiger partial charge in [0.25, 0.3) is 5.91 Å². The van der Waals surface area contributed by atoms with Gasteiger partial charge in [-0.2, -0.15) is 0 Å². The summed E-state index contributed by atoms with van der Waals surface area (Å²) in [6.07, 6.45) is 3.78. The number of hydrogen-bond donors (Lipinski definition) is 2. The lowest BCUT2D eigenvalue weighted by Crippen LogP contribution is -2.24. The molecule has 4 nitrogen and oxygen atoms in total. The van der Waals surface area contributed by atoms with Crippen LogP contribution in [-0.2, 0) is 0 Å². The van der Waals surface area contributed by atoms with Crippen molar-refractivity contribution in [3.8, 4) is 0 Å². The van der Waals surface area contributed by atoms with Gasteiger partial charge in [-0.3, -0.25) is 9.78 Å². The Labute approximate surface area is 127 Å². The first-order valence-electron chi connectivity index (χ1n) is 7.06. The molecule has 21 heavy (non-hydrogen) atoms. The predicted molar refractivity (Wildman–Crippen MR) is 88.8 cm³/mol. The zero-order chi connectivity index (χ0) is 14.8. The van der Waals surface area contributed by atoms with Gasteiger partial charge < -0.3 is 11.1 Å². The maximum Gasteiger partial charge on any atom is 0.263 e. The van der Waals surface area contributed by atoms with Crippen LogP contribution in [0.25, 0.3) is 21.0 Å². The number of nitrogens with one attached hydrogen (secondary N) is 1. The van der Waals surface area contributed by atoms with Crippen LogP contribution in [0.15, 0.2) is 30.5 Å². The summed E-state index contributed by atoms with van der Waals surface area (Å²) in [6.45, 7) is 2.78. The summed E-state index contributed by atoms with van der Waals surface area (Å²) in [6, 6.07) is 7.90. The Hall–Kier alpha value is -2.14. The lowest BCUT2D eigenvalue weighted by atomic mass is 10.1. The number of pyridine rings is 1. The first kappa shape index (κ1) is 13.8. The number of unbranched alkanes of at least 4 members (excludes halogenated alkanes) is 1. The Morgan fingerprint density at radius 2 is 2.14 bits per heavy atom. The molecule has 0 fully saturated rings. The highest BCUT2D eigenvalue weighted by molar-refractivity contribution is 7.22. The van der Waals surface area contributed by atoms with Gasteiger partial charge in [0.05, 0.1) is 11.2 Å². The van der Waals surface area contributed by atoms with Gasteiger partial charge in [-0.15, -0.1) is 11.3 Å². The normalized spacial score (nSPS) is 11.1. The lowest BCUT2D eigenvalue weighted by Gasteiger charge is -2.02. The third-order valence-corrected chi connectivity index (χ3v) is 4.74. The van der Waals surface area contributed by atoms with Crippen molar-refractivity contribution in [1.82, 2.24) is 10.3 Å². The molecule has 3 aromatic rings. The number of amides is 1. The molecule has 0 atom stereocenters. The quantitative estimate of drug-likeness (QED) is 0.724. The number of benzene rings is 1. The summed E-state index contributed by atoms with van der Waals surface area (Å²) in [5.74, 6) is -0.0915. The molecule has 0 spiro atoms. The highest BCUT2D eigenvalue weighted by Gasteiger charge is 2.17. The average Bonchev–Trinajstić information content (AvgIpc) is 2.85. The van der Waals surface area contributed by atoms with E-state index < -0.39 is 0 Å². The van der Waals surface area contributed by atoms with Crippen molar-refractivity contribution in [2.24, 2.45) is 0 Å². The molecule has 3 rings (SSSR count). The molecule has 0 radical (unpaired) electrons. The number of para-hydroxylation sites is 1. The van der Waals surface area contributed by atoms with Crippen molar-refractivity contribution in [1.29, 1.82) is 0 Å². The molecule has 0 aliphatic heterocycles. The summed E-state index contributed by atoms with van der Waals surface area (Å²) >= 11 is 1.44. The third-order valence-electron chi connectivity index (χ3n) is 3.49. The van der Waals surface area contributed by atoms with Gasteiger partial charge in [0.2, 0.25) is 0 Å². The van der Waals surface area contributed by atoms with Crippen molar-refractivity contribution in [3.05, 3.63) is 35.3 Å². The van der Waals surface area contributed by atoms with Crippen molar-refractivity contribution in [2.45, 2.75) is 19.8 Å². The van der Waals surface area contributed by atoms with E-state index in [1.165, 1.54) is 11.3 Å². The Balaban J connectivity index is 2.06. The minimum Gasteiger partial charge on any atom is -0.397 e. The summed E-state index contributed by atoms with van der Waals surface area (Å²) in [5.41, 5.74) is 7.60. The molecule has 108 valence electrons. The summed E-state index contributed by atoms with van der Waals surface area (Å²) in [7, 11) is 0. The fourth-order valence-corrected chi connectivity index (χ4v) is 3.47. The maximum atomic E-state index is 12.2. The molecule has 5 heteroatoms. The van der Waals surface area contributed by atoms with Crippen molar-refractivity contribution in [2.75, 3.05) is 12.3 Å². The Morgan fingerprint density at radius 1 is 1.33 bits per heavy atom. The molecular formula is C16H17N3OS. The topological polar surface area (TPSA) is 68.0 Å². The summed E-state index contributed by atoms with van der Waals surface area (Å²) in [5, 5.41) is 4.82. The second-order valence-electron chi connectivity index (χ2n) is 4.97. The van der Waals surface area contributed by atoms with Gasteiger partial charge in [-0.05, 0) is 12.5 Å². The third kappa shape index (κ3) is 2.45. The molecule has 0 saturated heterocycles. The number of thiophene rings is 1. The SMILES string of the molecule is CCCCNC(=O)c1sc2c(cnc3ccccc32)c1N. The molecule has 2 aromatic heterocycles. The Morgan fingerprint density at radius 3 is 2.95 bits per heavy atom. The fourth-order valence-electron chi connectivity index (χ4n) is 2.32. The van der Waals surface area contributed by atoms with Gasteiger partial charge in [-0.1, -0.05) is 31.5 Å². The van der Waals surface area contributed by atoms with E-state index in [0.717, 1.165) is 33.8 Å². The number of carbonyl (C=O) groups is 1. The smallest absolute Gasteiger partial charge is 0.263 e. The van der Waals surface area contributed by atoms with Crippen LogP contribution in [0, 0.1) is 0 Å². The van der Waals surface area contributed by atoms with E-state index in [1.54, 1.807) is 6.20 Å². The largest absolute Gasteiger partial charge is 0.397 e. The van der Waals surface area contributed by atoms with Gasteiger partial charge >= 0.3 is 0 Å². The highest BCUT2D eigenvalue weighted by Crippen LogP contribution is 2.37. The number of anilines is 1. The van der Waals surface area contributed by atoms with Crippen LogP contribution in [0.2, 0.25) is 0 Å². The zero-order valence-electron chi connectivity index (χ0n) is 11.8. The monoisotopic (exact) mass is 299 g/mol. The average molecular weight is 299 g/mol. The molecule has 1 aromatic carbocycles. The summed E-state index contributed by atoms with van der Waals surface area (Å²) < 4.78 is 1.03. The van der Waals surface area contributed by atoms with Gasteiger partial charge in [0, 0.05) is 28.2 Å². The Kier molecular flexibility index (Phi) is 3.75. The predicted octanol–water partition coefficient (Wildman–Crippen LogP) is 3.56. The van der Waals surface area contributed by atoms with E-state index in [4.69, 9.17) is 5.73 Å². The number of rotatable bonds is 4. The van der Waals surface area contributed by atoms with Gasteiger partial charge in [0.1, 0.15) is 4.88 Å². The molecule has 0 aliphatic carbocycles. The molecule has 0 bridgehead atoms. The first-order valence-corrected chi connectivity index (χ1v) is 7.88. The molecule has 1 amide bonds. The van der Waals surface area contributed by atoms with E-state index >= 15 is 0 Å². The van der Waals surface area contributed by atoms with E-state index in [0.29, 0.717) is 17.1 Å². The van der Waals surface area contributed by atoms with E-state index in [2.05, 4.69) is 17.2 Å². The van der Waals surface area contributed by atoms with Crippen LogP contribution >= 0.6 is 11.3 Å². The van der Waals surface area contributed by atoms with Crippen LogP contribution in [0.1, 0.15) is 29.4 Å². The molecule has 0 aliphatic rings. The second kappa shape index (κ2) is 5.69. The number of carbonyl (C=O) groups excluding carboxylic acids is 1. The van der Waals surface area contributed by atoms with Gasteiger partial charge in [0.15, 0.2) is 0 Å². The second-order valence-corrected chi connectivity index (χ2v) is 5.99. The number of nitrogens with two attached hydrogens (primary N) is 1. The fraction of sp³-hybridized carbons (Fsp3) is 0.250. The number of hydrogen-bond acceptors (Lipinski definition) is 4. The van der Waals surface area contributed by atoms with Crippen LogP contribution in [0.3, 0.4) is 0 Å². The maximum absolute atomic E-state index is 12.2. The van der Waals surface area contributed by atoms with Crippen molar-refractivity contribution in [3.63, 3.8) is 0 Å². The molecule has 0 unspecified atom stereocenters. The van der Waals surface area contributed by atoms with Crippen LogP contribution in [-0.4, -0.2) is 17.4 Å². The minimum atomic E-state index is -0.0915. The van der Waals surface area contributed by atoms with E-state index in [9.17, 15) is 4.79 Å². The van der Waals surface area contributed by atoms with E-state index in [1.807, 2.05) is 24.3 Å². The minimum absolute atomic E-state index is 0.0915. The van der Waals surface area contributed by atoms with Crippen LogP contribution < -0.4 is 11.1 Å². The van der Waals surface area contributed by atoms with Crippen LogP contribution in [0.5, 0.6) is 0 Å². The molecule has 3 N–H and O–H groups in total. The zero-order valence-corrected chi connectivity index (χ0v) is 12.7. The van der Waals surface area contributed by atoms with Gasteiger partial charge in [-0.25, -0.2) is 0 Å². The Bertz CT molecular complexity index is 810. The molecular weight excluding hydrogens is 282 g/mol. The standard InChI is InChI=1S/C16H17N3OS/c1-2-3-8-18-16(20)15-13(17)11-9-19-12-7-5-4-6-10(12)14(11)21-15/h4-7,9H,2-3,8,17H2,1H3,(H,18,20). The molecule has 0 saturated carbocycles.